The maximum atomic E-state index is 13.1. The molecule has 4 nitrogen and oxygen atoms in total. The fraction of sp³-hybridized carbons (Fsp3) is 0.318. The number of methoxy groups -OCH3 is 1. The summed E-state index contributed by atoms with van der Waals surface area (Å²) in [7, 11) is 1.63. The second-order valence-electron chi connectivity index (χ2n) is 7.06. The minimum absolute atomic E-state index is 0.108. The van der Waals surface area contributed by atoms with Crippen molar-refractivity contribution in [3.05, 3.63) is 70.8 Å². The van der Waals surface area contributed by atoms with Crippen LogP contribution in [0.2, 0.25) is 0 Å². The molecule has 1 aliphatic rings. The van der Waals surface area contributed by atoms with E-state index in [2.05, 4.69) is 13.8 Å². The summed E-state index contributed by atoms with van der Waals surface area (Å²) in [4.78, 5) is 16.3. The van der Waals surface area contributed by atoms with Gasteiger partial charge in [-0.3, -0.25) is 4.79 Å². The van der Waals surface area contributed by atoms with Crippen LogP contribution in [-0.4, -0.2) is 29.1 Å². The van der Waals surface area contributed by atoms with E-state index >= 15 is 0 Å². The molecule has 1 atom stereocenters. The Kier molecular flexibility index (Phi) is 6.11. The summed E-state index contributed by atoms with van der Waals surface area (Å²) in [6.45, 7) is 4.67. The number of hydrogen-bond donors (Lipinski definition) is 1. The van der Waals surface area contributed by atoms with Gasteiger partial charge in [0.2, 0.25) is 0 Å². The maximum Gasteiger partial charge on any atom is 0.265 e. The van der Waals surface area contributed by atoms with Crippen LogP contribution in [0.15, 0.2) is 70.2 Å². The molecule has 0 aromatic heterocycles. The van der Waals surface area contributed by atoms with Crippen molar-refractivity contribution in [2.24, 2.45) is 5.92 Å². The topological polar surface area (TPSA) is 49.8 Å². The summed E-state index contributed by atoms with van der Waals surface area (Å²) in [5, 5.41) is 10.8. The molecule has 1 N–H and O–H groups in total. The van der Waals surface area contributed by atoms with Gasteiger partial charge in [-0.05, 0) is 42.2 Å². The Morgan fingerprint density at radius 3 is 2.37 bits per heavy atom. The van der Waals surface area contributed by atoms with Crippen molar-refractivity contribution in [3.8, 4) is 5.75 Å². The third kappa shape index (κ3) is 4.48. The van der Waals surface area contributed by atoms with Gasteiger partial charge in [-0.15, -0.1) is 0 Å². The number of amides is 1. The Balaban J connectivity index is 1.85. The third-order valence-electron chi connectivity index (χ3n) is 4.55. The van der Waals surface area contributed by atoms with Gasteiger partial charge in [0.1, 0.15) is 16.4 Å². The zero-order chi connectivity index (χ0) is 19.4. The van der Waals surface area contributed by atoms with Crippen LogP contribution >= 0.6 is 11.8 Å². The molecule has 1 aliphatic heterocycles. The van der Waals surface area contributed by atoms with Crippen LogP contribution in [0, 0.1) is 5.92 Å². The number of thioether (sulfide) groups is 1. The first kappa shape index (κ1) is 19.4. The minimum Gasteiger partial charge on any atom is -0.509 e. The first-order chi connectivity index (χ1) is 13.0. The lowest BCUT2D eigenvalue weighted by Gasteiger charge is -2.26. The predicted octanol–water partition coefficient (Wildman–Crippen LogP) is 5.01. The Labute approximate surface area is 164 Å². The van der Waals surface area contributed by atoms with Gasteiger partial charge < -0.3 is 14.7 Å². The molecule has 142 valence electrons. The lowest BCUT2D eigenvalue weighted by molar-refractivity contribution is -0.127. The molecular formula is C22H25NO3S. The molecule has 0 spiro atoms. The van der Waals surface area contributed by atoms with E-state index in [-0.39, 0.29) is 17.7 Å². The van der Waals surface area contributed by atoms with Gasteiger partial charge >= 0.3 is 0 Å². The number of benzene rings is 2. The second kappa shape index (κ2) is 8.53. The van der Waals surface area contributed by atoms with Crippen molar-refractivity contribution >= 4 is 17.7 Å². The summed E-state index contributed by atoms with van der Waals surface area (Å²) in [5.74, 6) is 1.23. The molecule has 0 radical (unpaired) electrons. The second-order valence-corrected chi connectivity index (χ2v) is 8.14. The van der Waals surface area contributed by atoms with Gasteiger partial charge in [0, 0.05) is 11.4 Å². The number of aliphatic hydroxyl groups is 1. The van der Waals surface area contributed by atoms with Crippen molar-refractivity contribution in [2.45, 2.75) is 37.8 Å². The highest BCUT2D eigenvalue weighted by molar-refractivity contribution is 8.04. The molecule has 0 saturated heterocycles. The lowest BCUT2D eigenvalue weighted by Crippen LogP contribution is -2.36. The molecule has 1 amide bonds. The van der Waals surface area contributed by atoms with Crippen LogP contribution in [0.3, 0.4) is 0 Å². The maximum absolute atomic E-state index is 13.1. The molecule has 27 heavy (non-hydrogen) atoms. The number of nitrogens with zero attached hydrogens (tertiary/aromatic N) is 1. The highest BCUT2D eigenvalue weighted by Gasteiger charge is 2.40. The Morgan fingerprint density at radius 2 is 1.78 bits per heavy atom. The average molecular weight is 384 g/mol. The number of aliphatic hydroxyl groups excluding tert-OH is 1. The van der Waals surface area contributed by atoms with Crippen molar-refractivity contribution in [1.29, 1.82) is 0 Å². The highest BCUT2D eigenvalue weighted by Crippen LogP contribution is 2.39. The first-order valence-corrected chi connectivity index (χ1v) is 9.91. The fourth-order valence-electron chi connectivity index (χ4n) is 3.18. The zero-order valence-electron chi connectivity index (χ0n) is 15.9. The molecule has 1 unspecified atom stereocenters. The quantitative estimate of drug-likeness (QED) is 0.730. The monoisotopic (exact) mass is 383 g/mol. The zero-order valence-corrected chi connectivity index (χ0v) is 16.7. The summed E-state index contributed by atoms with van der Waals surface area (Å²) < 4.78 is 5.20. The van der Waals surface area contributed by atoms with E-state index < -0.39 is 0 Å². The Morgan fingerprint density at radius 1 is 1.11 bits per heavy atom. The molecular weight excluding hydrogens is 358 g/mol. The molecule has 0 aliphatic carbocycles. The van der Waals surface area contributed by atoms with Gasteiger partial charge in [-0.2, -0.15) is 0 Å². The number of ether oxygens (including phenoxy) is 1. The van der Waals surface area contributed by atoms with Crippen LogP contribution in [0.25, 0.3) is 0 Å². The molecule has 2 aromatic carbocycles. The Bertz CT molecular complexity index is 815. The molecule has 1 heterocycles. The number of rotatable bonds is 7. The largest absolute Gasteiger partial charge is 0.509 e. The molecule has 5 heteroatoms. The van der Waals surface area contributed by atoms with Gasteiger partial charge in [-0.25, -0.2) is 0 Å². The normalized spacial score (nSPS) is 17.1. The van der Waals surface area contributed by atoms with E-state index in [0.717, 1.165) is 22.6 Å². The first-order valence-electron chi connectivity index (χ1n) is 9.09. The molecule has 0 saturated carbocycles. The van der Waals surface area contributed by atoms with Crippen LogP contribution in [0.1, 0.15) is 25.8 Å². The number of carbonyl (C=O) groups excluding carboxylic acids is 1. The Hall–Kier alpha value is -2.40. The number of hydrogen-bond acceptors (Lipinski definition) is 4. The van der Waals surface area contributed by atoms with Gasteiger partial charge in [0.15, 0.2) is 0 Å². The van der Waals surface area contributed by atoms with E-state index in [4.69, 9.17) is 4.74 Å². The molecule has 2 aromatic rings. The third-order valence-corrected chi connectivity index (χ3v) is 5.65. The van der Waals surface area contributed by atoms with Crippen LogP contribution < -0.4 is 4.74 Å². The average Bonchev–Trinajstić information content (AvgIpc) is 2.88. The van der Waals surface area contributed by atoms with Crippen molar-refractivity contribution in [3.63, 3.8) is 0 Å². The summed E-state index contributed by atoms with van der Waals surface area (Å²) in [6, 6.07) is 17.1. The highest BCUT2D eigenvalue weighted by atomic mass is 32.2. The van der Waals surface area contributed by atoms with Crippen molar-refractivity contribution < 1.29 is 14.6 Å². The minimum atomic E-state index is -0.286. The standard InChI is InChI=1S/C22H25NO3S/c1-15(2)13-19-20(24)21(27-18-7-5-4-6-8-18)22(25)23(19)14-16-9-11-17(26-3)12-10-16/h4-12,15,19,24H,13-14H2,1-3H3. The van der Waals surface area contributed by atoms with Gasteiger partial charge in [-0.1, -0.05) is 55.9 Å². The molecule has 0 fully saturated rings. The smallest absolute Gasteiger partial charge is 0.265 e. The van der Waals surface area contributed by atoms with Crippen LogP contribution in [-0.2, 0) is 11.3 Å². The van der Waals surface area contributed by atoms with Crippen molar-refractivity contribution in [2.75, 3.05) is 7.11 Å². The van der Waals surface area contributed by atoms with E-state index in [1.54, 1.807) is 12.0 Å². The predicted molar refractivity (Wildman–Crippen MR) is 109 cm³/mol. The molecule has 0 bridgehead atoms. The van der Waals surface area contributed by atoms with Gasteiger partial charge in [0.25, 0.3) is 5.91 Å². The van der Waals surface area contributed by atoms with E-state index in [0.29, 0.717) is 17.4 Å². The summed E-state index contributed by atoms with van der Waals surface area (Å²) in [5.41, 5.74) is 1.01. The van der Waals surface area contributed by atoms with E-state index in [1.165, 1.54) is 11.8 Å². The summed E-state index contributed by atoms with van der Waals surface area (Å²) >= 11 is 1.34. The number of carbonyl (C=O) groups is 1. The van der Waals surface area contributed by atoms with Crippen LogP contribution in [0.5, 0.6) is 5.75 Å². The van der Waals surface area contributed by atoms with Crippen LogP contribution in [0.4, 0.5) is 0 Å². The van der Waals surface area contributed by atoms with E-state index in [1.807, 2.05) is 54.6 Å². The SMILES string of the molecule is COc1ccc(CN2C(=O)C(Sc3ccccc3)=C(O)C2CC(C)C)cc1. The van der Waals surface area contributed by atoms with E-state index in [9.17, 15) is 9.90 Å². The lowest BCUT2D eigenvalue weighted by atomic mass is 10.0. The molecule has 3 rings (SSSR count). The van der Waals surface area contributed by atoms with Crippen molar-refractivity contribution in [1.82, 2.24) is 4.90 Å². The summed E-state index contributed by atoms with van der Waals surface area (Å²) in [6.07, 6.45) is 0.729. The fourth-order valence-corrected chi connectivity index (χ4v) is 4.15. The van der Waals surface area contributed by atoms with Gasteiger partial charge in [0.05, 0.1) is 13.2 Å².